The molecule has 23 heavy (non-hydrogen) atoms. The van der Waals surface area contributed by atoms with Crippen LogP contribution in [0.15, 0.2) is 54.9 Å². The van der Waals surface area contributed by atoms with E-state index in [1.165, 1.54) is 11.8 Å². The third-order valence-corrected chi connectivity index (χ3v) is 5.79. The Labute approximate surface area is 157 Å². The van der Waals surface area contributed by atoms with Crippen LogP contribution in [0, 0.1) is 10.1 Å². The van der Waals surface area contributed by atoms with Gasteiger partial charge in [-0.25, -0.2) is 0 Å². The van der Waals surface area contributed by atoms with Gasteiger partial charge in [-0.1, -0.05) is 53.2 Å². The Kier molecular flexibility index (Phi) is 7.27. The molecule has 1 aromatic carbocycles. The van der Waals surface area contributed by atoms with E-state index in [-0.39, 0.29) is 14.7 Å². The van der Waals surface area contributed by atoms with E-state index in [4.69, 9.17) is 23.2 Å². The number of allylic oxidation sites excluding steroid dienone is 1. The van der Waals surface area contributed by atoms with Crippen LogP contribution < -0.4 is 0 Å². The van der Waals surface area contributed by atoms with Crippen molar-refractivity contribution in [2.75, 3.05) is 13.1 Å². The number of rotatable bonds is 5. The molecular formula is C15H15BrCl2N2O2S. The minimum atomic E-state index is -0.466. The van der Waals surface area contributed by atoms with Crippen LogP contribution in [0.3, 0.4) is 0 Å². The smallest absolute Gasteiger partial charge is 0.319 e. The highest BCUT2D eigenvalue weighted by Gasteiger charge is 2.30. The molecule has 0 bridgehead atoms. The van der Waals surface area contributed by atoms with Crippen molar-refractivity contribution >= 4 is 50.9 Å². The summed E-state index contributed by atoms with van der Waals surface area (Å²) >= 11 is 16.3. The summed E-state index contributed by atoms with van der Waals surface area (Å²) in [6.45, 7) is 1.55. The number of benzene rings is 1. The van der Waals surface area contributed by atoms with Gasteiger partial charge in [-0.05, 0) is 47.3 Å². The fraction of sp³-hybridized carbons (Fsp3) is 0.333. The number of hydrogen-bond donors (Lipinski definition) is 0. The van der Waals surface area contributed by atoms with Gasteiger partial charge < -0.3 is 4.90 Å². The molecule has 0 amide bonds. The Hall–Kier alpha value is -0.690. The van der Waals surface area contributed by atoms with Gasteiger partial charge in [0.1, 0.15) is 8.97 Å². The Morgan fingerprint density at radius 1 is 1.17 bits per heavy atom. The van der Waals surface area contributed by atoms with Crippen LogP contribution in [0.4, 0.5) is 0 Å². The molecular weight excluding hydrogens is 423 g/mol. The predicted octanol–water partition coefficient (Wildman–Crippen LogP) is 5.75. The first-order valence-corrected chi connectivity index (χ1v) is 9.45. The Bertz CT molecular complexity index is 628. The molecule has 0 spiro atoms. The number of piperidine rings is 1. The molecule has 1 heterocycles. The quantitative estimate of drug-likeness (QED) is 0.254. The van der Waals surface area contributed by atoms with E-state index in [0.29, 0.717) is 5.03 Å². The Morgan fingerprint density at radius 2 is 1.78 bits per heavy atom. The number of hydrogen-bond acceptors (Lipinski definition) is 4. The maximum atomic E-state index is 11.6. The van der Waals surface area contributed by atoms with Crippen LogP contribution in [-0.2, 0) is 0 Å². The molecule has 4 nitrogen and oxygen atoms in total. The van der Waals surface area contributed by atoms with E-state index < -0.39 is 4.92 Å². The number of halogens is 3. The lowest BCUT2D eigenvalue weighted by Gasteiger charge is -2.30. The van der Waals surface area contributed by atoms with E-state index in [1.807, 2.05) is 35.2 Å². The normalized spacial score (nSPS) is 17.4. The SMILES string of the molecule is O=[N+]([O-])/C(C(Cl)=C(Cl)Br)=C(/Sc1ccccc1)N1CCCCC1. The van der Waals surface area contributed by atoms with Gasteiger partial charge in [0, 0.05) is 18.0 Å². The molecule has 0 aromatic heterocycles. The van der Waals surface area contributed by atoms with E-state index in [2.05, 4.69) is 15.9 Å². The van der Waals surface area contributed by atoms with Crippen LogP contribution in [0.25, 0.3) is 0 Å². The van der Waals surface area contributed by atoms with Crippen LogP contribution in [0.2, 0.25) is 0 Å². The maximum Gasteiger partial charge on any atom is 0.319 e. The lowest BCUT2D eigenvalue weighted by Crippen LogP contribution is -2.30. The van der Waals surface area contributed by atoms with Crippen molar-refractivity contribution < 1.29 is 4.92 Å². The van der Waals surface area contributed by atoms with Crippen molar-refractivity contribution in [1.29, 1.82) is 0 Å². The maximum absolute atomic E-state index is 11.6. The molecule has 1 saturated heterocycles. The summed E-state index contributed by atoms with van der Waals surface area (Å²) in [4.78, 5) is 14.1. The topological polar surface area (TPSA) is 46.4 Å². The summed E-state index contributed by atoms with van der Waals surface area (Å²) < 4.78 is 0.0361. The first kappa shape index (κ1) is 18.6. The molecule has 0 radical (unpaired) electrons. The lowest BCUT2D eigenvalue weighted by atomic mass is 10.1. The highest BCUT2D eigenvalue weighted by atomic mass is 79.9. The average molecular weight is 438 g/mol. The molecule has 0 atom stereocenters. The van der Waals surface area contributed by atoms with E-state index >= 15 is 0 Å². The van der Waals surface area contributed by atoms with Gasteiger partial charge in [-0.15, -0.1) is 0 Å². The zero-order valence-electron chi connectivity index (χ0n) is 12.2. The number of thioether (sulfide) groups is 1. The molecule has 2 rings (SSSR count). The average Bonchev–Trinajstić information content (AvgIpc) is 2.55. The first-order valence-electron chi connectivity index (χ1n) is 7.08. The van der Waals surface area contributed by atoms with E-state index in [0.717, 1.165) is 37.2 Å². The molecule has 0 aliphatic carbocycles. The molecule has 0 N–H and O–H groups in total. The van der Waals surface area contributed by atoms with Gasteiger partial charge in [0.05, 0.1) is 4.92 Å². The summed E-state index contributed by atoms with van der Waals surface area (Å²) in [6.07, 6.45) is 3.15. The molecule has 0 unspecified atom stereocenters. The van der Waals surface area contributed by atoms with Gasteiger partial charge in [0.15, 0.2) is 5.03 Å². The van der Waals surface area contributed by atoms with Crippen LogP contribution >= 0.6 is 50.9 Å². The predicted molar refractivity (Wildman–Crippen MR) is 99.4 cm³/mol. The van der Waals surface area contributed by atoms with Gasteiger partial charge >= 0.3 is 5.70 Å². The molecule has 1 aliphatic heterocycles. The second kappa shape index (κ2) is 8.97. The summed E-state index contributed by atoms with van der Waals surface area (Å²) in [5.74, 6) is 0. The number of nitrogens with zero attached hydrogens (tertiary/aromatic N) is 2. The van der Waals surface area contributed by atoms with Crippen molar-refractivity contribution in [3.63, 3.8) is 0 Å². The molecule has 0 saturated carbocycles. The summed E-state index contributed by atoms with van der Waals surface area (Å²) in [5.41, 5.74) is -0.163. The standard InChI is InChI=1S/C15H15BrCl2N2O2S/c16-14(18)12(17)13(20(21)22)15(19-9-5-2-6-10-19)23-11-7-3-1-4-8-11/h1,3-4,7-8H,2,5-6,9-10H2/b14-12?,15-13+. The Morgan fingerprint density at radius 3 is 2.30 bits per heavy atom. The third kappa shape index (κ3) is 5.14. The van der Waals surface area contributed by atoms with Crippen LogP contribution in [-0.4, -0.2) is 22.9 Å². The van der Waals surface area contributed by atoms with Crippen LogP contribution in [0.1, 0.15) is 19.3 Å². The van der Waals surface area contributed by atoms with Gasteiger partial charge in [-0.3, -0.25) is 10.1 Å². The molecule has 1 aliphatic rings. The Balaban J connectivity index is 2.51. The number of nitro groups is 1. The number of likely N-dealkylation sites (tertiary alicyclic amines) is 1. The van der Waals surface area contributed by atoms with Crippen molar-refractivity contribution in [1.82, 2.24) is 4.90 Å². The van der Waals surface area contributed by atoms with Crippen molar-refractivity contribution in [2.24, 2.45) is 0 Å². The summed E-state index contributed by atoms with van der Waals surface area (Å²) in [5, 5.41) is 12.1. The van der Waals surface area contributed by atoms with E-state index in [9.17, 15) is 10.1 Å². The molecule has 1 aromatic rings. The zero-order valence-corrected chi connectivity index (χ0v) is 16.1. The molecule has 124 valence electrons. The van der Waals surface area contributed by atoms with Gasteiger partial charge in [-0.2, -0.15) is 0 Å². The minimum absolute atomic E-state index is 0.0361. The third-order valence-electron chi connectivity index (χ3n) is 3.36. The van der Waals surface area contributed by atoms with E-state index in [1.54, 1.807) is 0 Å². The fourth-order valence-corrected chi connectivity index (χ4v) is 3.89. The first-order chi connectivity index (χ1) is 11.0. The second-order valence-corrected chi connectivity index (χ2v) is 8.02. The minimum Gasteiger partial charge on any atom is -0.360 e. The van der Waals surface area contributed by atoms with Gasteiger partial charge in [0.25, 0.3) is 0 Å². The summed E-state index contributed by atoms with van der Waals surface area (Å²) in [6, 6.07) is 9.54. The monoisotopic (exact) mass is 436 g/mol. The summed E-state index contributed by atoms with van der Waals surface area (Å²) in [7, 11) is 0. The molecule has 8 heteroatoms. The zero-order chi connectivity index (χ0) is 16.8. The van der Waals surface area contributed by atoms with Gasteiger partial charge in [0.2, 0.25) is 0 Å². The highest BCUT2D eigenvalue weighted by Crippen LogP contribution is 2.38. The second-order valence-electron chi connectivity index (χ2n) is 4.95. The highest BCUT2D eigenvalue weighted by molar-refractivity contribution is 9.12. The lowest BCUT2D eigenvalue weighted by molar-refractivity contribution is -0.421. The molecule has 1 fully saturated rings. The van der Waals surface area contributed by atoms with Crippen molar-refractivity contribution in [3.05, 3.63) is 60.1 Å². The van der Waals surface area contributed by atoms with Crippen LogP contribution in [0.5, 0.6) is 0 Å². The largest absolute Gasteiger partial charge is 0.360 e. The fourth-order valence-electron chi connectivity index (χ4n) is 2.30. The van der Waals surface area contributed by atoms with Crippen molar-refractivity contribution in [2.45, 2.75) is 24.2 Å². The van der Waals surface area contributed by atoms with Crippen molar-refractivity contribution in [3.8, 4) is 0 Å².